The first-order chi connectivity index (χ1) is 16.8. The molecule has 3 unspecified atom stereocenters. The predicted molar refractivity (Wildman–Crippen MR) is 149 cm³/mol. The summed E-state index contributed by atoms with van der Waals surface area (Å²) < 4.78 is 0. The maximum Gasteiger partial charge on any atom is 0.0545 e. The number of benzene rings is 3. The standard InChI is InChI=1S/C33H40Si/c1-4-10-28(11-5-1)18-22-34(23-19-29-12-6-2-7-13-29,24-20-30-14-8-3-9-15-30)25-21-33-27-31-16-17-32(33)26-31/h1-17,31-33H,18-27H2. The Morgan fingerprint density at radius 2 is 1.00 bits per heavy atom. The maximum atomic E-state index is 2.56. The van der Waals surface area contributed by atoms with E-state index in [-0.39, 0.29) is 0 Å². The highest BCUT2D eigenvalue weighted by Crippen LogP contribution is 2.47. The van der Waals surface area contributed by atoms with E-state index < -0.39 is 8.07 Å². The van der Waals surface area contributed by atoms with Crippen molar-refractivity contribution in [2.24, 2.45) is 17.8 Å². The lowest BCUT2D eigenvalue weighted by molar-refractivity contribution is 0.431. The van der Waals surface area contributed by atoms with Crippen LogP contribution in [0.15, 0.2) is 103 Å². The van der Waals surface area contributed by atoms with Crippen LogP contribution in [0.25, 0.3) is 0 Å². The molecule has 3 atom stereocenters. The number of aryl methyl sites for hydroxylation is 3. The average Bonchev–Trinajstić information content (AvgIpc) is 3.54. The van der Waals surface area contributed by atoms with E-state index in [1.54, 1.807) is 0 Å². The molecule has 0 aromatic heterocycles. The van der Waals surface area contributed by atoms with Gasteiger partial charge in [-0.25, -0.2) is 0 Å². The molecule has 0 saturated heterocycles. The van der Waals surface area contributed by atoms with Gasteiger partial charge in [0.2, 0.25) is 0 Å². The molecular formula is C33H40Si. The van der Waals surface area contributed by atoms with Gasteiger partial charge in [-0.1, -0.05) is 134 Å². The molecule has 2 aliphatic rings. The first-order valence-electron chi connectivity index (χ1n) is 13.6. The van der Waals surface area contributed by atoms with Gasteiger partial charge in [0.1, 0.15) is 0 Å². The van der Waals surface area contributed by atoms with Crippen LogP contribution in [0.3, 0.4) is 0 Å². The van der Waals surface area contributed by atoms with Crippen molar-refractivity contribution in [3.8, 4) is 0 Å². The summed E-state index contributed by atoms with van der Waals surface area (Å²) in [6.07, 6.45) is 13.2. The summed E-state index contributed by atoms with van der Waals surface area (Å²) in [5, 5.41) is 0. The van der Waals surface area contributed by atoms with E-state index in [0.717, 1.165) is 17.8 Å². The summed E-state index contributed by atoms with van der Waals surface area (Å²) in [4.78, 5) is 0. The molecule has 1 fully saturated rings. The Hall–Kier alpha value is -2.38. The van der Waals surface area contributed by atoms with Crippen molar-refractivity contribution in [3.63, 3.8) is 0 Å². The number of hydrogen-bond acceptors (Lipinski definition) is 0. The molecule has 2 bridgehead atoms. The van der Waals surface area contributed by atoms with Gasteiger partial charge in [-0.2, -0.15) is 0 Å². The Morgan fingerprint density at radius 1 is 0.529 bits per heavy atom. The highest BCUT2D eigenvalue weighted by Gasteiger charge is 2.38. The summed E-state index contributed by atoms with van der Waals surface area (Å²) in [6, 6.07) is 39.6. The normalized spacial score (nSPS) is 21.2. The minimum absolute atomic E-state index is 0.883. The second kappa shape index (κ2) is 11.4. The van der Waals surface area contributed by atoms with Gasteiger partial charge in [-0.15, -0.1) is 0 Å². The lowest BCUT2D eigenvalue weighted by Crippen LogP contribution is -2.36. The topological polar surface area (TPSA) is 0 Å². The Kier molecular flexibility index (Phi) is 7.81. The first-order valence-corrected chi connectivity index (χ1v) is 16.4. The van der Waals surface area contributed by atoms with E-state index in [2.05, 4.69) is 103 Å². The van der Waals surface area contributed by atoms with Crippen LogP contribution < -0.4 is 0 Å². The largest absolute Gasteiger partial charge is 0.0851 e. The number of allylic oxidation sites excluding steroid dienone is 2. The van der Waals surface area contributed by atoms with Gasteiger partial charge >= 0.3 is 0 Å². The summed E-state index contributed by atoms with van der Waals surface area (Å²) in [5.41, 5.74) is 4.59. The lowest BCUT2D eigenvalue weighted by atomic mass is 9.91. The maximum absolute atomic E-state index is 2.56. The fraction of sp³-hybridized carbons (Fsp3) is 0.394. The Labute approximate surface area is 208 Å². The van der Waals surface area contributed by atoms with Crippen molar-refractivity contribution in [2.45, 2.75) is 62.7 Å². The summed E-state index contributed by atoms with van der Waals surface area (Å²) in [6.45, 7) is 0. The second-order valence-electron chi connectivity index (χ2n) is 11.0. The Morgan fingerprint density at radius 3 is 1.38 bits per heavy atom. The lowest BCUT2D eigenvalue weighted by Gasteiger charge is -2.34. The predicted octanol–water partition coefficient (Wildman–Crippen LogP) is 8.77. The second-order valence-corrected chi connectivity index (χ2v) is 16.0. The fourth-order valence-electron chi connectivity index (χ4n) is 6.63. The smallest absolute Gasteiger partial charge is 0.0545 e. The molecule has 1 saturated carbocycles. The van der Waals surface area contributed by atoms with E-state index in [0.29, 0.717) is 0 Å². The van der Waals surface area contributed by atoms with Crippen LogP contribution in [0.5, 0.6) is 0 Å². The molecule has 3 aromatic rings. The third kappa shape index (κ3) is 6.19. The minimum atomic E-state index is -1.46. The number of rotatable bonds is 12. The highest BCUT2D eigenvalue weighted by molar-refractivity contribution is 6.80. The molecule has 176 valence electrons. The van der Waals surface area contributed by atoms with Gasteiger partial charge < -0.3 is 0 Å². The van der Waals surface area contributed by atoms with E-state index in [1.807, 2.05) is 0 Å². The quantitative estimate of drug-likeness (QED) is 0.186. The zero-order valence-electron chi connectivity index (χ0n) is 20.6. The van der Waals surface area contributed by atoms with Gasteiger partial charge in [0, 0.05) is 0 Å². The molecule has 0 amide bonds. The van der Waals surface area contributed by atoms with Crippen LogP contribution in [0, 0.1) is 17.8 Å². The van der Waals surface area contributed by atoms with Crippen LogP contribution in [-0.2, 0) is 19.3 Å². The Bertz CT molecular complexity index is 918. The molecule has 0 spiro atoms. The fourth-order valence-corrected chi connectivity index (χ4v) is 11.6. The molecule has 0 nitrogen and oxygen atoms in total. The zero-order valence-corrected chi connectivity index (χ0v) is 21.6. The molecule has 0 heterocycles. The van der Waals surface area contributed by atoms with Crippen molar-refractivity contribution >= 4 is 8.07 Å². The monoisotopic (exact) mass is 464 g/mol. The van der Waals surface area contributed by atoms with Crippen molar-refractivity contribution in [1.82, 2.24) is 0 Å². The molecule has 0 radical (unpaired) electrons. The van der Waals surface area contributed by atoms with Gasteiger partial charge in [0.25, 0.3) is 0 Å². The zero-order chi connectivity index (χ0) is 23.1. The van der Waals surface area contributed by atoms with E-state index in [9.17, 15) is 0 Å². The average molecular weight is 465 g/mol. The summed E-state index contributed by atoms with van der Waals surface area (Å²) in [5.74, 6) is 2.73. The van der Waals surface area contributed by atoms with Crippen molar-refractivity contribution in [3.05, 3.63) is 120 Å². The van der Waals surface area contributed by atoms with Crippen molar-refractivity contribution in [2.75, 3.05) is 0 Å². The molecule has 34 heavy (non-hydrogen) atoms. The molecule has 3 aromatic carbocycles. The minimum Gasteiger partial charge on any atom is -0.0851 e. The highest BCUT2D eigenvalue weighted by atomic mass is 28.3. The molecule has 2 aliphatic carbocycles. The first kappa shape index (κ1) is 23.4. The van der Waals surface area contributed by atoms with E-state index in [1.165, 1.54) is 79.4 Å². The van der Waals surface area contributed by atoms with Crippen molar-refractivity contribution < 1.29 is 0 Å². The van der Waals surface area contributed by atoms with Crippen LogP contribution in [0.4, 0.5) is 0 Å². The van der Waals surface area contributed by atoms with E-state index in [4.69, 9.17) is 0 Å². The SMILES string of the molecule is C1=CC2CC1CC2CC[Si](CCc1ccccc1)(CCc1ccccc1)CCc1ccccc1. The van der Waals surface area contributed by atoms with Gasteiger partial charge in [-0.3, -0.25) is 0 Å². The Balaban J connectivity index is 1.35. The van der Waals surface area contributed by atoms with Crippen molar-refractivity contribution in [1.29, 1.82) is 0 Å². The third-order valence-corrected chi connectivity index (χ3v) is 14.1. The van der Waals surface area contributed by atoms with Crippen LogP contribution in [0.2, 0.25) is 24.2 Å². The van der Waals surface area contributed by atoms with E-state index >= 15 is 0 Å². The molecule has 0 aliphatic heterocycles. The van der Waals surface area contributed by atoms with Gasteiger partial charge in [0.15, 0.2) is 0 Å². The summed E-state index contributed by atoms with van der Waals surface area (Å²) in [7, 11) is -1.46. The van der Waals surface area contributed by atoms with Crippen LogP contribution in [-0.4, -0.2) is 8.07 Å². The van der Waals surface area contributed by atoms with Crippen LogP contribution >= 0.6 is 0 Å². The summed E-state index contributed by atoms with van der Waals surface area (Å²) >= 11 is 0. The third-order valence-electron chi connectivity index (χ3n) is 8.82. The van der Waals surface area contributed by atoms with Gasteiger partial charge in [0.05, 0.1) is 8.07 Å². The van der Waals surface area contributed by atoms with Gasteiger partial charge in [-0.05, 0) is 66.5 Å². The number of hydrogen-bond donors (Lipinski definition) is 0. The molecule has 1 heteroatoms. The molecule has 5 rings (SSSR count). The molecular weight excluding hydrogens is 424 g/mol. The molecule has 0 N–H and O–H groups in total. The number of fused-ring (bicyclic) bond motifs is 2. The van der Waals surface area contributed by atoms with Crippen LogP contribution in [0.1, 0.15) is 36.0 Å².